The molecule has 1 aliphatic heterocycles. The summed E-state index contributed by atoms with van der Waals surface area (Å²) in [6.07, 6.45) is 0.292. The number of carbonyl (C=O) groups excluding carboxylic acids is 1. The zero-order valence-electron chi connectivity index (χ0n) is 14.6. The van der Waals surface area contributed by atoms with Gasteiger partial charge < -0.3 is 9.64 Å². The number of hydrogen-bond donors (Lipinski definition) is 0. The second kappa shape index (κ2) is 8.45. The Bertz CT molecular complexity index is 716. The molecule has 3 rings (SSSR count). The van der Waals surface area contributed by atoms with Crippen LogP contribution in [0, 0.1) is 0 Å². The van der Waals surface area contributed by atoms with E-state index in [0.717, 1.165) is 35.6 Å². The molecule has 0 radical (unpaired) electrons. The molecule has 4 nitrogen and oxygen atoms in total. The molecule has 1 atom stereocenters. The van der Waals surface area contributed by atoms with E-state index >= 15 is 0 Å². The maximum atomic E-state index is 12.6. The minimum absolute atomic E-state index is 0.0519. The number of morpholine rings is 1. The third kappa shape index (κ3) is 5.14. The number of benzene rings is 1. The molecule has 0 bridgehead atoms. The summed E-state index contributed by atoms with van der Waals surface area (Å²) in [5, 5.41) is 0. The Morgan fingerprint density at radius 3 is 2.72 bits per heavy atom. The number of halogens is 1. The molecule has 1 saturated heterocycles. The minimum atomic E-state index is 0.0519. The average Bonchev–Trinajstić information content (AvgIpc) is 3.00. The smallest absolute Gasteiger partial charge is 0.253 e. The molecule has 2 aromatic rings. The molecule has 1 aliphatic rings. The maximum Gasteiger partial charge on any atom is 0.253 e. The van der Waals surface area contributed by atoms with Crippen LogP contribution in [0.3, 0.4) is 0 Å². The molecule has 0 saturated carbocycles. The number of carbonyl (C=O) groups is 1. The Kier molecular flexibility index (Phi) is 6.28. The predicted molar refractivity (Wildman–Crippen MR) is 105 cm³/mol. The van der Waals surface area contributed by atoms with Gasteiger partial charge in [-0.25, -0.2) is 0 Å². The lowest BCUT2D eigenvalue weighted by Gasteiger charge is -2.31. The summed E-state index contributed by atoms with van der Waals surface area (Å²) in [6, 6.07) is 12.0. The van der Waals surface area contributed by atoms with Crippen molar-refractivity contribution >= 4 is 33.2 Å². The van der Waals surface area contributed by atoms with E-state index in [1.807, 2.05) is 31.3 Å². The first-order valence-corrected chi connectivity index (χ1v) is 10.0. The summed E-state index contributed by atoms with van der Waals surface area (Å²) in [7, 11) is 1.85. The lowest BCUT2D eigenvalue weighted by atomic mass is 10.1. The minimum Gasteiger partial charge on any atom is -0.376 e. The summed E-state index contributed by atoms with van der Waals surface area (Å²) in [4.78, 5) is 17.9. The van der Waals surface area contributed by atoms with E-state index in [1.165, 1.54) is 10.4 Å². The number of amides is 1. The Labute approximate surface area is 161 Å². The van der Waals surface area contributed by atoms with E-state index in [0.29, 0.717) is 12.6 Å². The summed E-state index contributed by atoms with van der Waals surface area (Å²) >= 11 is 5.12. The molecule has 0 N–H and O–H groups in total. The molecule has 0 unspecified atom stereocenters. The lowest BCUT2D eigenvalue weighted by molar-refractivity contribution is -0.0212. The highest BCUT2D eigenvalue weighted by atomic mass is 79.9. The van der Waals surface area contributed by atoms with Gasteiger partial charge in [0.25, 0.3) is 5.91 Å². The van der Waals surface area contributed by atoms with Gasteiger partial charge in [-0.1, -0.05) is 12.1 Å². The summed E-state index contributed by atoms with van der Waals surface area (Å²) in [5.74, 6) is 0.0519. The molecule has 1 aromatic carbocycles. The number of rotatable bonds is 5. The van der Waals surface area contributed by atoms with Gasteiger partial charge in [-0.05, 0) is 52.7 Å². The van der Waals surface area contributed by atoms with Crippen molar-refractivity contribution in [2.45, 2.75) is 26.1 Å². The van der Waals surface area contributed by atoms with Gasteiger partial charge in [0.2, 0.25) is 0 Å². The zero-order valence-corrected chi connectivity index (χ0v) is 17.0. The highest BCUT2D eigenvalue weighted by Gasteiger charge is 2.17. The first-order chi connectivity index (χ1) is 12.0. The molecule has 1 aromatic heterocycles. The number of hydrogen-bond acceptors (Lipinski definition) is 4. The molecule has 2 heterocycles. The predicted octanol–water partition coefficient (Wildman–Crippen LogP) is 4.00. The normalized spacial score (nSPS) is 18.3. The largest absolute Gasteiger partial charge is 0.376 e. The van der Waals surface area contributed by atoms with E-state index in [1.54, 1.807) is 16.2 Å². The van der Waals surface area contributed by atoms with Crippen LogP contribution in [-0.4, -0.2) is 48.6 Å². The molecule has 1 fully saturated rings. The fourth-order valence-corrected chi connectivity index (χ4v) is 4.54. The second-order valence-corrected chi connectivity index (χ2v) is 9.03. The fourth-order valence-electron chi connectivity index (χ4n) is 3.01. The van der Waals surface area contributed by atoms with Crippen LogP contribution < -0.4 is 0 Å². The van der Waals surface area contributed by atoms with Crippen molar-refractivity contribution in [3.05, 3.63) is 56.2 Å². The van der Waals surface area contributed by atoms with Crippen LogP contribution in [0.25, 0.3) is 0 Å². The van der Waals surface area contributed by atoms with Gasteiger partial charge in [0.1, 0.15) is 0 Å². The van der Waals surface area contributed by atoms with Crippen molar-refractivity contribution < 1.29 is 9.53 Å². The quantitative estimate of drug-likeness (QED) is 0.729. The van der Waals surface area contributed by atoms with E-state index in [-0.39, 0.29) is 5.91 Å². The molecule has 0 spiro atoms. The van der Waals surface area contributed by atoms with Crippen LogP contribution >= 0.6 is 27.3 Å². The van der Waals surface area contributed by atoms with Gasteiger partial charge in [-0.2, -0.15) is 0 Å². The molecule has 0 aliphatic carbocycles. The van der Waals surface area contributed by atoms with E-state index < -0.39 is 0 Å². The molecule has 25 heavy (non-hydrogen) atoms. The topological polar surface area (TPSA) is 32.8 Å². The second-order valence-electron chi connectivity index (χ2n) is 6.48. The molecule has 6 heteroatoms. The van der Waals surface area contributed by atoms with Crippen molar-refractivity contribution in [1.82, 2.24) is 9.80 Å². The van der Waals surface area contributed by atoms with Crippen molar-refractivity contribution in [2.75, 3.05) is 26.7 Å². The molecular weight excluding hydrogens is 400 g/mol. The van der Waals surface area contributed by atoms with Gasteiger partial charge in [0.05, 0.1) is 23.0 Å². The first-order valence-electron chi connectivity index (χ1n) is 8.44. The number of nitrogens with zero attached hydrogens (tertiary/aromatic N) is 2. The Balaban J connectivity index is 1.58. The SMILES string of the molecule is C[C@H]1CN(Cc2ccc(C(=O)N(C)Cc3ccc(Br)s3)cc2)CCO1. The van der Waals surface area contributed by atoms with Gasteiger partial charge in [0.15, 0.2) is 0 Å². The van der Waals surface area contributed by atoms with Crippen molar-refractivity contribution in [2.24, 2.45) is 0 Å². The van der Waals surface area contributed by atoms with Crippen molar-refractivity contribution in [1.29, 1.82) is 0 Å². The van der Waals surface area contributed by atoms with Crippen molar-refractivity contribution in [3.8, 4) is 0 Å². The van der Waals surface area contributed by atoms with E-state index in [2.05, 4.69) is 39.9 Å². The van der Waals surface area contributed by atoms with Crippen LogP contribution in [0.15, 0.2) is 40.2 Å². The first kappa shape index (κ1) is 18.6. The molecule has 134 valence electrons. The molecule has 1 amide bonds. The van der Waals surface area contributed by atoms with Crippen molar-refractivity contribution in [3.63, 3.8) is 0 Å². The average molecular weight is 423 g/mol. The Hall–Kier alpha value is -1.21. The van der Waals surface area contributed by atoms with E-state index in [9.17, 15) is 4.79 Å². The highest BCUT2D eigenvalue weighted by Crippen LogP contribution is 2.23. The fraction of sp³-hybridized carbons (Fsp3) is 0.421. The number of thiophene rings is 1. The third-order valence-electron chi connectivity index (χ3n) is 4.30. The van der Waals surface area contributed by atoms with E-state index in [4.69, 9.17) is 4.74 Å². The van der Waals surface area contributed by atoms with Crippen LogP contribution in [0.2, 0.25) is 0 Å². The van der Waals surface area contributed by atoms with Gasteiger partial charge in [0, 0.05) is 37.1 Å². The standard InChI is InChI=1S/C19H23BrN2O2S/c1-14-11-22(9-10-24-14)12-15-3-5-16(6-4-15)19(23)21(2)13-17-7-8-18(20)25-17/h3-8,14H,9-13H2,1-2H3/t14-/m0/s1. The maximum absolute atomic E-state index is 12.6. The summed E-state index contributed by atoms with van der Waals surface area (Å²) < 4.78 is 6.67. The third-order valence-corrected chi connectivity index (χ3v) is 5.91. The monoisotopic (exact) mass is 422 g/mol. The number of ether oxygens (including phenoxy) is 1. The van der Waals surface area contributed by atoms with Gasteiger partial charge >= 0.3 is 0 Å². The highest BCUT2D eigenvalue weighted by molar-refractivity contribution is 9.11. The summed E-state index contributed by atoms with van der Waals surface area (Å²) in [6.45, 7) is 6.35. The molecular formula is C19H23BrN2O2S. The lowest BCUT2D eigenvalue weighted by Crippen LogP contribution is -2.40. The summed E-state index contributed by atoms with van der Waals surface area (Å²) in [5.41, 5.74) is 1.97. The Morgan fingerprint density at radius 1 is 1.32 bits per heavy atom. The Morgan fingerprint density at radius 2 is 2.08 bits per heavy atom. The van der Waals surface area contributed by atoms with Crippen LogP contribution in [0.1, 0.15) is 27.7 Å². The van der Waals surface area contributed by atoms with Crippen LogP contribution in [0.5, 0.6) is 0 Å². The van der Waals surface area contributed by atoms with Crippen LogP contribution in [0.4, 0.5) is 0 Å². The zero-order chi connectivity index (χ0) is 17.8. The van der Waals surface area contributed by atoms with Gasteiger partial charge in [-0.3, -0.25) is 9.69 Å². The van der Waals surface area contributed by atoms with Gasteiger partial charge in [-0.15, -0.1) is 11.3 Å². The van der Waals surface area contributed by atoms with Crippen LogP contribution in [-0.2, 0) is 17.8 Å².